The first-order valence-electron chi connectivity index (χ1n) is 7.13. The third kappa shape index (κ3) is 2.71. The molecule has 0 N–H and O–H groups in total. The molecule has 0 aromatic heterocycles. The molecule has 1 amide bonds. The molecule has 2 fully saturated rings. The van der Waals surface area contributed by atoms with Gasteiger partial charge in [-0.05, 0) is 38.4 Å². The van der Waals surface area contributed by atoms with E-state index >= 15 is 0 Å². The van der Waals surface area contributed by atoms with Crippen molar-refractivity contribution in [3.63, 3.8) is 0 Å². The van der Waals surface area contributed by atoms with Crippen LogP contribution in [-0.2, 0) is 0 Å². The maximum Gasteiger partial charge on any atom is 0.259 e. The van der Waals surface area contributed by atoms with Gasteiger partial charge in [0, 0.05) is 29.6 Å². The Balaban J connectivity index is 1.86. The second kappa shape index (κ2) is 5.65. The van der Waals surface area contributed by atoms with Gasteiger partial charge in [0.05, 0.1) is 0 Å². The average molecular weight is 359 g/mol. The van der Waals surface area contributed by atoms with Gasteiger partial charge in [-0.2, -0.15) is 0 Å². The molecular formula is C15H17BrF2N2O. The number of benzene rings is 1. The van der Waals surface area contributed by atoms with Crippen LogP contribution < -0.4 is 0 Å². The zero-order valence-corrected chi connectivity index (χ0v) is 13.4. The zero-order chi connectivity index (χ0) is 15.1. The predicted molar refractivity (Wildman–Crippen MR) is 79.2 cm³/mol. The Hall–Kier alpha value is -1.01. The summed E-state index contributed by atoms with van der Waals surface area (Å²) in [5, 5.41) is 0. The van der Waals surface area contributed by atoms with Gasteiger partial charge in [-0.1, -0.05) is 15.9 Å². The van der Waals surface area contributed by atoms with Crippen molar-refractivity contribution in [3.8, 4) is 0 Å². The number of halogens is 3. The second-order valence-electron chi connectivity index (χ2n) is 5.83. The van der Waals surface area contributed by atoms with E-state index < -0.39 is 23.1 Å². The first-order valence-corrected chi connectivity index (χ1v) is 7.92. The van der Waals surface area contributed by atoms with E-state index in [1.165, 1.54) is 0 Å². The third-order valence-corrected chi connectivity index (χ3v) is 5.11. The number of hydrogen-bond acceptors (Lipinski definition) is 2. The van der Waals surface area contributed by atoms with Crippen LogP contribution in [0, 0.1) is 11.6 Å². The molecule has 2 aliphatic heterocycles. The molecule has 3 nitrogen and oxygen atoms in total. The summed E-state index contributed by atoms with van der Waals surface area (Å²) in [5.74, 6) is -2.16. The molecule has 1 aromatic rings. The highest BCUT2D eigenvalue weighted by molar-refractivity contribution is 9.10. The third-order valence-electron chi connectivity index (χ3n) is 4.66. The molecule has 0 spiro atoms. The lowest BCUT2D eigenvalue weighted by molar-refractivity contribution is 0.0730. The van der Waals surface area contributed by atoms with Crippen LogP contribution in [0.4, 0.5) is 8.78 Å². The maximum atomic E-state index is 14.0. The average Bonchev–Trinajstić information content (AvgIpc) is 2.61. The van der Waals surface area contributed by atoms with Crippen LogP contribution in [0.2, 0.25) is 0 Å². The monoisotopic (exact) mass is 358 g/mol. The van der Waals surface area contributed by atoms with Crippen LogP contribution in [0.1, 0.15) is 29.6 Å². The minimum absolute atomic E-state index is 0.294. The SMILES string of the molecule is CN1C2CCC1CN(C(=O)c1c(F)cc(Br)cc1F)CC2. The molecular weight excluding hydrogens is 342 g/mol. The number of hydrogen-bond donors (Lipinski definition) is 0. The highest BCUT2D eigenvalue weighted by atomic mass is 79.9. The summed E-state index contributed by atoms with van der Waals surface area (Å²) in [7, 11) is 2.07. The van der Waals surface area contributed by atoms with E-state index in [-0.39, 0.29) is 0 Å². The van der Waals surface area contributed by atoms with Crippen LogP contribution in [-0.4, -0.2) is 47.9 Å². The molecule has 21 heavy (non-hydrogen) atoms. The molecule has 1 aromatic carbocycles. The van der Waals surface area contributed by atoms with Gasteiger partial charge in [0.2, 0.25) is 0 Å². The fourth-order valence-corrected chi connectivity index (χ4v) is 3.80. The summed E-state index contributed by atoms with van der Waals surface area (Å²) < 4.78 is 28.2. The van der Waals surface area contributed by atoms with Gasteiger partial charge in [0.1, 0.15) is 17.2 Å². The summed E-state index contributed by atoms with van der Waals surface area (Å²) in [5.41, 5.74) is -0.446. The summed E-state index contributed by atoms with van der Waals surface area (Å²) in [6.45, 7) is 1.10. The standard InChI is InChI=1S/C15H17BrF2N2O/c1-19-10-2-3-11(19)8-20(5-4-10)15(21)14-12(17)6-9(16)7-13(14)18/h6-7,10-11H,2-5,8H2,1H3. The van der Waals surface area contributed by atoms with Crippen molar-refractivity contribution in [1.82, 2.24) is 9.80 Å². The van der Waals surface area contributed by atoms with Gasteiger partial charge in [0.15, 0.2) is 0 Å². The Morgan fingerprint density at radius 3 is 2.48 bits per heavy atom. The van der Waals surface area contributed by atoms with Crippen molar-refractivity contribution >= 4 is 21.8 Å². The first kappa shape index (κ1) is 14.9. The lowest BCUT2D eigenvalue weighted by Crippen LogP contribution is -2.40. The minimum atomic E-state index is -0.811. The molecule has 6 heteroatoms. The van der Waals surface area contributed by atoms with E-state index in [1.807, 2.05) is 0 Å². The summed E-state index contributed by atoms with van der Waals surface area (Å²) in [6.07, 6.45) is 3.04. The van der Waals surface area contributed by atoms with Crippen molar-refractivity contribution in [2.75, 3.05) is 20.1 Å². The number of likely N-dealkylation sites (N-methyl/N-ethyl adjacent to an activating group) is 1. The summed E-state index contributed by atoms with van der Waals surface area (Å²) in [4.78, 5) is 16.4. The van der Waals surface area contributed by atoms with Gasteiger partial charge in [-0.3, -0.25) is 9.69 Å². The van der Waals surface area contributed by atoms with Crippen molar-refractivity contribution in [3.05, 3.63) is 33.8 Å². The number of amides is 1. The molecule has 2 saturated heterocycles. The van der Waals surface area contributed by atoms with E-state index in [9.17, 15) is 13.6 Å². The van der Waals surface area contributed by atoms with E-state index in [2.05, 4.69) is 27.9 Å². The Morgan fingerprint density at radius 1 is 1.19 bits per heavy atom. The van der Waals surface area contributed by atoms with Crippen molar-refractivity contribution in [1.29, 1.82) is 0 Å². The number of carbonyl (C=O) groups excluding carboxylic acids is 1. The molecule has 2 aliphatic rings. The molecule has 2 bridgehead atoms. The molecule has 2 atom stereocenters. The van der Waals surface area contributed by atoms with Crippen LogP contribution >= 0.6 is 15.9 Å². The molecule has 114 valence electrons. The number of rotatable bonds is 1. The van der Waals surface area contributed by atoms with E-state index in [4.69, 9.17) is 0 Å². The van der Waals surface area contributed by atoms with E-state index in [0.29, 0.717) is 29.6 Å². The van der Waals surface area contributed by atoms with Crippen molar-refractivity contribution in [2.45, 2.75) is 31.3 Å². The Labute approximate surface area is 131 Å². The molecule has 2 heterocycles. The maximum absolute atomic E-state index is 14.0. The van der Waals surface area contributed by atoms with Crippen LogP contribution in [0.5, 0.6) is 0 Å². The molecule has 0 radical (unpaired) electrons. The molecule has 3 rings (SSSR count). The summed E-state index contributed by atoms with van der Waals surface area (Å²) in [6, 6.07) is 3.04. The van der Waals surface area contributed by atoms with Crippen molar-refractivity contribution < 1.29 is 13.6 Å². The van der Waals surface area contributed by atoms with Crippen LogP contribution in [0.15, 0.2) is 16.6 Å². The van der Waals surface area contributed by atoms with Gasteiger partial charge in [0.25, 0.3) is 5.91 Å². The number of likely N-dealkylation sites (tertiary alicyclic amines) is 1. The lowest BCUT2D eigenvalue weighted by Gasteiger charge is -2.26. The quantitative estimate of drug-likeness (QED) is 0.770. The molecule has 2 unspecified atom stereocenters. The van der Waals surface area contributed by atoms with Gasteiger partial charge < -0.3 is 4.90 Å². The van der Waals surface area contributed by atoms with Gasteiger partial charge in [-0.25, -0.2) is 8.78 Å². The highest BCUT2D eigenvalue weighted by Gasteiger charge is 2.37. The second-order valence-corrected chi connectivity index (χ2v) is 6.75. The number of nitrogens with zero attached hydrogens (tertiary/aromatic N) is 2. The summed E-state index contributed by atoms with van der Waals surface area (Å²) >= 11 is 3.03. The molecule has 0 aliphatic carbocycles. The van der Waals surface area contributed by atoms with Crippen LogP contribution in [0.25, 0.3) is 0 Å². The lowest BCUT2D eigenvalue weighted by atomic mass is 10.1. The highest BCUT2D eigenvalue weighted by Crippen LogP contribution is 2.30. The zero-order valence-electron chi connectivity index (χ0n) is 11.8. The fraction of sp³-hybridized carbons (Fsp3) is 0.533. The number of fused-ring (bicyclic) bond motifs is 2. The fourth-order valence-electron chi connectivity index (χ4n) is 3.40. The largest absolute Gasteiger partial charge is 0.337 e. The minimum Gasteiger partial charge on any atom is -0.337 e. The van der Waals surface area contributed by atoms with Gasteiger partial charge >= 0.3 is 0 Å². The Morgan fingerprint density at radius 2 is 1.81 bits per heavy atom. The Bertz CT molecular complexity index is 558. The normalized spacial score (nSPS) is 26.0. The van der Waals surface area contributed by atoms with Crippen LogP contribution in [0.3, 0.4) is 0 Å². The van der Waals surface area contributed by atoms with E-state index in [1.54, 1.807) is 4.90 Å². The molecule has 0 saturated carbocycles. The smallest absolute Gasteiger partial charge is 0.259 e. The Kier molecular flexibility index (Phi) is 4.01. The first-order chi connectivity index (χ1) is 9.97. The van der Waals surface area contributed by atoms with E-state index in [0.717, 1.165) is 31.4 Å². The predicted octanol–water partition coefficient (Wildman–Crippen LogP) is 3.04. The number of carbonyl (C=O) groups is 1. The van der Waals surface area contributed by atoms with Gasteiger partial charge in [-0.15, -0.1) is 0 Å². The van der Waals surface area contributed by atoms with Crippen molar-refractivity contribution in [2.24, 2.45) is 0 Å². The topological polar surface area (TPSA) is 23.6 Å².